The van der Waals surface area contributed by atoms with Gasteiger partial charge in [-0.3, -0.25) is 0 Å². The Kier molecular flexibility index (Phi) is 3.18. The van der Waals surface area contributed by atoms with E-state index >= 15 is 0 Å². The number of carboxylic acids is 1. The second kappa shape index (κ2) is 4.53. The number of nitrogens with zero attached hydrogens (tertiary/aromatic N) is 2. The van der Waals surface area contributed by atoms with Crippen molar-refractivity contribution in [2.45, 2.75) is 33.1 Å². The molecule has 4 nitrogen and oxygen atoms in total. The molecule has 0 bridgehead atoms. The van der Waals surface area contributed by atoms with Crippen LogP contribution in [0.2, 0.25) is 0 Å². The van der Waals surface area contributed by atoms with E-state index in [4.69, 9.17) is 0 Å². The summed E-state index contributed by atoms with van der Waals surface area (Å²) in [6.45, 7) is 7.96. The molecule has 0 atom stereocenters. The molecule has 1 heterocycles. The molecule has 2 aromatic rings. The summed E-state index contributed by atoms with van der Waals surface area (Å²) in [4.78, 5) is 11.3. The zero-order valence-electron chi connectivity index (χ0n) is 11.6. The van der Waals surface area contributed by atoms with Crippen molar-refractivity contribution in [2.24, 2.45) is 0 Å². The largest absolute Gasteiger partial charge is 0.478 e. The highest BCUT2D eigenvalue weighted by Gasteiger charge is 2.28. The number of rotatable bonds is 2. The van der Waals surface area contributed by atoms with E-state index in [1.54, 1.807) is 4.68 Å². The van der Waals surface area contributed by atoms with E-state index in [1.165, 1.54) is 6.20 Å². The molecule has 0 saturated heterocycles. The van der Waals surface area contributed by atoms with Gasteiger partial charge in [0.25, 0.3) is 0 Å². The average Bonchev–Trinajstić information content (AvgIpc) is 2.73. The Bertz CT molecular complexity index is 621. The van der Waals surface area contributed by atoms with Gasteiger partial charge in [0.15, 0.2) is 0 Å². The van der Waals surface area contributed by atoms with Gasteiger partial charge in [-0.1, -0.05) is 39.0 Å². The average molecular weight is 258 g/mol. The lowest BCUT2D eigenvalue weighted by Crippen LogP contribution is -2.21. The lowest BCUT2D eigenvalue weighted by atomic mass is 9.89. The summed E-state index contributed by atoms with van der Waals surface area (Å²) in [6, 6.07) is 7.82. The number of benzene rings is 1. The summed E-state index contributed by atoms with van der Waals surface area (Å²) < 4.78 is 1.73. The van der Waals surface area contributed by atoms with Crippen molar-refractivity contribution >= 4 is 5.97 Å². The quantitative estimate of drug-likeness (QED) is 0.900. The molecule has 100 valence electrons. The second-order valence-electron chi connectivity index (χ2n) is 5.66. The zero-order valence-corrected chi connectivity index (χ0v) is 11.6. The molecular weight excluding hydrogens is 240 g/mol. The fourth-order valence-electron chi connectivity index (χ4n) is 2.21. The maximum atomic E-state index is 11.3. The maximum absolute atomic E-state index is 11.3. The monoisotopic (exact) mass is 258 g/mol. The van der Waals surface area contributed by atoms with Crippen molar-refractivity contribution in [1.82, 2.24) is 9.78 Å². The van der Waals surface area contributed by atoms with E-state index in [2.05, 4.69) is 5.10 Å². The Hall–Kier alpha value is -2.10. The van der Waals surface area contributed by atoms with Crippen molar-refractivity contribution in [3.63, 3.8) is 0 Å². The van der Waals surface area contributed by atoms with Crippen molar-refractivity contribution in [2.75, 3.05) is 0 Å². The Morgan fingerprint density at radius 1 is 1.26 bits per heavy atom. The lowest BCUT2D eigenvalue weighted by Gasteiger charge is -2.22. The van der Waals surface area contributed by atoms with Crippen molar-refractivity contribution < 1.29 is 9.90 Å². The normalized spacial score (nSPS) is 11.6. The third-order valence-corrected chi connectivity index (χ3v) is 3.05. The minimum atomic E-state index is -0.940. The van der Waals surface area contributed by atoms with Crippen LogP contribution < -0.4 is 0 Å². The van der Waals surface area contributed by atoms with E-state index in [0.29, 0.717) is 5.69 Å². The van der Waals surface area contributed by atoms with Gasteiger partial charge in [-0.25, -0.2) is 9.48 Å². The van der Waals surface area contributed by atoms with E-state index < -0.39 is 5.97 Å². The van der Waals surface area contributed by atoms with E-state index in [-0.39, 0.29) is 11.0 Å². The van der Waals surface area contributed by atoms with Gasteiger partial charge in [0.2, 0.25) is 0 Å². The van der Waals surface area contributed by atoms with Crippen LogP contribution in [0, 0.1) is 6.92 Å². The molecule has 0 fully saturated rings. The molecule has 1 aromatic carbocycles. The Morgan fingerprint density at radius 3 is 2.42 bits per heavy atom. The molecule has 2 rings (SSSR count). The van der Waals surface area contributed by atoms with Gasteiger partial charge in [0.1, 0.15) is 5.56 Å². The van der Waals surface area contributed by atoms with Crippen molar-refractivity contribution in [3.05, 3.63) is 47.3 Å². The van der Waals surface area contributed by atoms with Crippen molar-refractivity contribution in [1.29, 1.82) is 0 Å². The molecule has 0 unspecified atom stereocenters. The molecule has 0 spiro atoms. The lowest BCUT2D eigenvalue weighted by molar-refractivity contribution is 0.0694. The second-order valence-corrected chi connectivity index (χ2v) is 5.66. The van der Waals surface area contributed by atoms with Gasteiger partial charge in [-0.15, -0.1) is 0 Å². The van der Waals surface area contributed by atoms with Gasteiger partial charge in [0.05, 0.1) is 17.6 Å². The van der Waals surface area contributed by atoms with Gasteiger partial charge in [0, 0.05) is 5.41 Å². The van der Waals surface area contributed by atoms with Crippen LogP contribution in [0.25, 0.3) is 5.69 Å². The number of aryl methyl sites for hydroxylation is 1. The summed E-state index contributed by atoms with van der Waals surface area (Å²) in [7, 11) is 0. The van der Waals surface area contributed by atoms with Gasteiger partial charge >= 0.3 is 5.97 Å². The zero-order chi connectivity index (χ0) is 14.2. The number of para-hydroxylation sites is 1. The molecule has 0 saturated carbocycles. The van der Waals surface area contributed by atoms with Crippen LogP contribution in [0.1, 0.15) is 42.4 Å². The topological polar surface area (TPSA) is 55.1 Å². The van der Waals surface area contributed by atoms with Gasteiger partial charge in [-0.2, -0.15) is 5.10 Å². The Morgan fingerprint density at radius 2 is 1.89 bits per heavy atom. The minimum Gasteiger partial charge on any atom is -0.478 e. The number of hydrogen-bond donors (Lipinski definition) is 1. The van der Waals surface area contributed by atoms with Crippen LogP contribution in [0.4, 0.5) is 0 Å². The van der Waals surface area contributed by atoms with Crippen LogP contribution in [0.3, 0.4) is 0 Å². The Balaban J connectivity index is 2.73. The smallest absolute Gasteiger partial charge is 0.339 e. The molecule has 4 heteroatoms. The maximum Gasteiger partial charge on any atom is 0.339 e. The molecule has 0 aliphatic heterocycles. The summed E-state index contributed by atoms with van der Waals surface area (Å²) in [6.07, 6.45) is 1.43. The number of carboxylic acid groups (broad SMARTS) is 1. The number of aromatic nitrogens is 2. The molecule has 19 heavy (non-hydrogen) atoms. The third kappa shape index (κ3) is 2.38. The predicted octanol–water partition coefficient (Wildman–Crippen LogP) is 3.18. The molecule has 0 aliphatic carbocycles. The Labute approximate surface area is 112 Å². The highest BCUT2D eigenvalue weighted by Crippen LogP contribution is 2.29. The summed E-state index contributed by atoms with van der Waals surface area (Å²) in [5.41, 5.74) is 2.66. The van der Waals surface area contributed by atoms with Crippen LogP contribution in [-0.2, 0) is 5.41 Å². The molecule has 1 aromatic heterocycles. The van der Waals surface area contributed by atoms with Crippen LogP contribution >= 0.6 is 0 Å². The minimum absolute atomic E-state index is 0.260. The van der Waals surface area contributed by atoms with Crippen LogP contribution in [0.5, 0.6) is 0 Å². The highest BCUT2D eigenvalue weighted by molar-refractivity contribution is 5.89. The fourth-order valence-corrected chi connectivity index (χ4v) is 2.21. The van der Waals surface area contributed by atoms with Gasteiger partial charge < -0.3 is 5.11 Å². The highest BCUT2D eigenvalue weighted by atomic mass is 16.4. The van der Waals surface area contributed by atoms with Crippen molar-refractivity contribution in [3.8, 4) is 5.69 Å². The predicted molar refractivity (Wildman–Crippen MR) is 74.0 cm³/mol. The summed E-state index contributed by atoms with van der Waals surface area (Å²) in [5.74, 6) is -0.940. The fraction of sp³-hybridized carbons (Fsp3) is 0.333. The van der Waals surface area contributed by atoms with E-state index in [9.17, 15) is 9.90 Å². The first kappa shape index (κ1) is 13.3. The van der Waals surface area contributed by atoms with Crippen LogP contribution in [-0.4, -0.2) is 20.9 Å². The summed E-state index contributed by atoms with van der Waals surface area (Å²) >= 11 is 0. The van der Waals surface area contributed by atoms with Crippen LogP contribution in [0.15, 0.2) is 30.5 Å². The first-order valence-electron chi connectivity index (χ1n) is 6.20. The van der Waals surface area contributed by atoms with E-state index in [0.717, 1.165) is 11.3 Å². The standard InChI is InChI=1S/C15H18N2O2/c1-10-7-5-6-8-12(10)17-13(15(2,3)4)11(9-16-17)14(18)19/h5-9H,1-4H3,(H,18,19). The molecule has 0 amide bonds. The molecule has 0 aliphatic rings. The first-order chi connectivity index (χ1) is 8.82. The molecule has 0 radical (unpaired) electrons. The summed E-state index contributed by atoms with van der Waals surface area (Å²) in [5, 5.41) is 13.6. The number of hydrogen-bond acceptors (Lipinski definition) is 2. The molecular formula is C15H18N2O2. The van der Waals surface area contributed by atoms with E-state index in [1.807, 2.05) is 52.0 Å². The number of aromatic carboxylic acids is 1. The molecule has 1 N–H and O–H groups in total. The van der Waals surface area contributed by atoms with Gasteiger partial charge in [-0.05, 0) is 18.6 Å². The first-order valence-corrected chi connectivity index (χ1v) is 6.20. The third-order valence-electron chi connectivity index (χ3n) is 3.05. The number of carbonyl (C=O) groups is 1. The SMILES string of the molecule is Cc1ccccc1-n1ncc(C(=O)O)c1C(C)(C)C.